The molecular weight excluding hydrogens is 348 g/mol. The van der Waals surface area contributed by atoms with E-state index in [0.717, 1.165) is 19.3 Å². The zero-order valence-corrected chi connectivity index (χ0v) is 17.2. The van der Waals surface area contributed by atoms with E-state index >= 15 is 0 Å². The van der Waals surface area contributed by atoms with Gasteiger partial charge in [0.1, 0.15) is 6.61 Å². The molecule has 0 radical (unpaired) electrons. The fourth-order valence-corrected chi connectivity index (χ4v) is 2.92. The molecule has 27 heavy (non-hydrogen) atoms. The molecule has 0 heterocycles. The maximum Gasteiger partial charge on any atom is 0.339 e. The topological polar surface area (TPSA) is 96.2 Å². The summed E-state index contributed by atoms with van der Waals surface area (Å²) in [5.41, 5.74) is 0. The smallest absolute Gasteiger partial charge is 0.339 e. The van der Waals surface area contributed by atoms with E-state index in [4.69, 9.17) is 24.8 Å². The Bertz CT molecular complexity index is 324. The van der Waals surface area contributed by atoms with Crippen molar-refractivity contribution in [3.63, 3.8) is 0 Å². The fraction of sp³-hybridized carbons (Fsp3) is 0.952. The molecule has 162 valence electrons. The van der Waals surface area contributed by atoms with E-state index < -0.39 is 31.6 Å². The fourth-order valence-electron chi connectivity index (χ4n) is 2.92. The first kappa shape index (κ1) is 26.3. The summed E-state index contributed by atoms with van der Waals surface area (Å²) in [5.74, 6) is -0.988. The number of unbranched alkanes of at least 4 members (excludes halogenated alkanes) is 13. The molecule has 0 aliphatic heterocycles. The molecule has 0 bridgehead atoms. The highest BCUT2D eigenvalue weighted by molar-refractivity contribution is 5.74. The normalized spacial score (nSPS) is 13.5. The van der Waals surface area contributed by atoms with Crippen LogP contribution in [0.5, 0.6) is 0 Å². The van der Waals surface area contributed by atoms with Gasteiger partial charge in [-0.1, -0.05) is 90.4 Å². The Morgan fingerprint density at radius 1 is 0.741 bits per heavy atom. The zero-order valence-electron chi connectivity index (χ0n) is 17.2. The van der Waals surface area contributed by atoms with Crippen LogP contribution < -0.4 is 0 Å². The van der Waals surface area contributed by atoms with Crippen molar-refractivity contribution in [1.29, 1.82) is 0 Å². The van der Waals surface area contributed by atoms with Gasteiger partial charge in [0, 0.05) is 0 Å². The standard InChI is InChI=1S/C21H42O6/c1-2-3-4-5-6-7-8-9-10-11-12-13-14-15-16-26-20(18-23)27-21(25)19(24)17-22/h19-20,22-24H,2-18H2,1H3. The lowest BCUT2D eigenvalue weighted by molar-refractivity contribution is -0.196. The second kappa shape index (κ2) is 20.1. The van der Waals surface area contributed by atoms with Crippen molar-refractivity contribution in [1.82, 2.24) is 0 Å². The molecule has 0 fully saturated rings. The van der Waals surface area contributed by atoms with Crippen molar-refractivity contribution in [2.75, 3.05) is 19.8 Å². The summed E-state index contributed by atoms with van der Waals surface area (Å²) >= 11 is 0. The van der Waals surface area contributed by atoms with Gasteiger partial charge < -0.3 is 24.8 Å². The van der Waals surface area contributed by atoms with E-state index in [2.05, 4.69) is 6.92 Å². The third kappa shape index (κ3) is 17.2. The second-order valence-corrected chi connectivity index (χ2v) is 7.21. The van der Waals surface area contributed by atoms with Crippen molar-refractivity contribution < 1.29 is 29.6 Å². The molecule has 0 aromatic heterocycles. The summed E-state index contributed by atoms with van der Waals surface area (Å²) in [6.45, 7) is 1.46. The Morgan fingerprint density at radius 2 is 1.19 bits per heavy atom. The number of aliphatic hydroxyl groups excluding tert-OH is 3. The lowest BCUT2D eigenvalue weighted by atomic mass is 10.0. The Hall–Kier alpha value is -0.690. The highest BCUT2D eigenvalue weighted by atomic mass is 16.7. The molecular formula is C21H42O6. The number of hydrogen-bond acceptors (Lipinski definition) is 6. The van der Waals surface area contributed by atoms with Crippen LogP contribution in [0.2, 0.25) is 0 Å². The molecule has 2 atom stereocenters. The van der Waals surface area contributed by atoms with Crippen LogP contribution in [0.25, 0.3) is 0 Å². The molecule has 6 nitrogen and oxygen atoms in total. The van der Waals surface area contributed by atoms with Gasteiger partial charge in [-0.05, 0) is 6.42 Å². The molecule has 6 heteroatoms. The maximum absolute atomic E-state index is 11.3. The predicted molar refractivity (Wildman–Crippen MR) is 106 cm³/mol. The van der Waals surface area contributed by atoms with Gasteiger partial charge >= 0.3 is 5.97 Å². The Labute approximate surface area is 165 Å². The zero-order chi connectivity index (χ0) is 20.2. The molecule has 3 N–H and O–H groups in total. The molecule has 0 aromatic rings. The van der Waals surface area contributed by atoms with Gasteiger partial charge in [0.2, 0.25) is 6.29 Å². The van der Waals surface area contributed by atoms with Crippen LogP contribution in [0.1, 0.15) is 96.8 Å². The van der Waals surface area contributed by atoms with Crippen molar-refractivity contribution in [3.05, 3.63) is 0 Å². The number of esters is 1. The van der Waals surface area contributed by atoms with E-state index in [1.54, 1.807) is 0 Å². The Morgan fingerprint density at radius 3 is 1.59 bits per heavy atom. The number of carbonyl (C=O) groups is 1. The predicted octanol–water partition coefficient (Wildman–Crippen LogP) is 3.70. The van der Waals surface area contributed by atoms with Crippen LogP contribution in [-0.2, 0) is 14.3 Å². The highest BCUT2D eigenvalue weighted by Crippen LogP contribution is 2.13. The molecule has 0 spiro atoms. The number of rotatable bonds is 20. The van der Waals surface area contributed by atoms with E-state index in [1.807, 2.05) is 0 Å². The average molecular weight is 391 g/mol. The van der Waals surface area contributed by atoms with Crippen LogP contribution in [0.15, 0.2) is 0 Å². The lowest BCUT2D eigenvalue weighted by Gasteiger charge is -2.17. The monoisotopic (exact) mass is 390 g/mol. The van der Waals surface area contributed by atoms with Gasteiger partial charge in [0.15, 0.2) is 6.10 Å². The van der Waals surface area contributed by atoms with Gasteiger partial charge in [0.05, 0.1) is 13.2 Å². The molecule has 0 aliphatic carbocycles. The summed E-state index contributed by atoms with van der Waals surface area (Å²) in [7, 11) is 0. The molecule has 0 saturated heterocycles. The van der Waals surface area contributed by atoms with Crippen LogP contribution in [0.4, 0.5) is 0 Å². The summed E-state index contributed by atoms with van der Waals surface area (Å²) in [6.07, 6.45) is 15.2. The molecule has 2 unspecified atom stereocenters. The number of hydrogen-bond donors (Lipinski definition) is 3. The largest absolute Gasteiger partial charge is 0.431 e. The minimum Gasteiger partial charge on any atom is -0.431 e. The molecule has 0 aromatic carbocycles. The summed E-state index contributed by atoms with van der Waals surface area (Å²) in [6, 6.07) is 0. The van der Waals surface area contributed by atoms with E-state index in [-0.39, 0.29) is 0 Å². The van der Waals surface area contributed by atoms with Gasteiger partial charge in [-0.25, -0.2) is 4.79 Å². The quantitative estimate of drug-likeness (QED) is 0.167. The number of carbonyl (C=O) groups excluding carboxylic acids is 1. The minimum absolute atomic E-state index is 0.395. The van der Waals surface area contributed by atoms with Crippen LogP contribution in [0.3, 0.4) is 0 Å². The third-order valence-corrected chi connectivity index (χ3v) is 4.64. The van der Waals surface area contributed by atoms with Crippen LogP contribution in [0, 0.1) is 0 Å². The van der Waals surface area contributed by atoms with Gasteiger partial charge in [0.25, 0.3) is 0 Å². The van der Waals surface area contributed by atoms with Crippen molar-refractivity contribution >= 4 is 5.97 Å². The van der Waals surface area contributed by atoms with E-state index in [9.17, 15) is 4.79 Å². The van der Waals surface area contributed by atoms with Crippen molar-refractivity contribution in [2.24, 2.45) is 0 Å². The van der Waals surface area contributed by atoms with Crippen LogP contribution >= 0.6 is 0 Å². The van der Waals surface area contributed by atoms with Gasteiger partial charge in [-0.15, -0.1) is 0 Å². The van der Waals surface area contributed by atoms with E-state index in [0.29, 0.717) is 6.61 Å². The number of aliphatic hydroxyl groups is 3. The molecule has 0 aliphatic rings. The lowest BCUT2D eigenvalue weighted by Crippen LogP contribution is -2.33. The van der Waals surface area contributed by atoms with Crippen molar-refractivity contribution in [2.45, 2.75) is 109 Å². The maximum atomic E-state index is 11.3. The van der Waals surface area contributed by atoms with Crippen LogP contribution in [-0.4, -0.2) is 53.5 Å². The first-order valence-corrected chi connectivity index (χ1v) is 10.9. The first-order chi connectivity index (χ1) is 13.2. The minimum atomic E-state index is -1.59. The second-order valence-electron chi connectivity index (χ2n) is 7.21. The Kier molecular flexibility index (Phi) is 19.5. The summed E-state index contributed by atoms with van der Waals surface area (Å²) in [4.78, 5) is 11.3. The molecule has 0 saturated carbocycles. The van der Waals surface area contributed by atoms with Gasteiger partial charge in [-0.3, -0.25) is 0 Å². The van der Waals surface area contributed by atoms with E-state index in [1.165, 1.54) is 70.6 Å². The summed E-state index contributed by atoms with van der Waals surface area (Å²) < 4.78 is 10.0. The average Bonchev–Trinajstić information content (AvgIpc) is 2.69. The number of ether oxygens (including phenoxy) is 2. The molecule has 0 rings (SSSR count). The Balaban J connectivity index is 3.35. The highest BCUT2D eigenvalue weighted by Gasteiger charge is 2.20. The van der Waals surface area contributed by atoms with Gasteiger partial charge in [-0.2, -0.15) is 0 Å². The summed E-state index contributed by atoms with van der Waals surface area (Å²) in [5, 5.41) is 26.9. The molecule has 0 amide bonds. The van der Waals surface area contributed by atoms with Crippen molar-refractivity contribution in [3.8, 4) is 0 Å². The third-order valence-electron chi connectivity index (χ3n) is 4.64. The SMILES string of the molecule is CCCCCCCCCCCCCCCCOC(CO)OC(=O)C(O)CO. The first-order valence-electron chi connectivity index (χ1n) is 10.9.